The molecule has 5 nitrogen and oxygen atoms in total. The van der Waals surface area contributed by atoms with E-state index in [1.165, 1.54) is 6.07 Å². The zero-order valence-electron chi connectivity index (χ0n) is 18.6. The fraction of sp³-hybridized carbons (Fsp3) is 0.440. The highest BCUT2D eigenvalue weighted by Crippen LogP contribution is 2.38. The van der Waals surface area contributed by atoms with Gasteiger partial charge in [0.25, 0.3) is 0 Å². The number of ketones is 1. The lowest BCUT2D eigenvalue weighted by atomic mass is 9.80. The largest absolute Gasteiger partial charge is 0.416 e. The molecule has 5 rings (SSSR count). The average molecular weight is 494 g/mol. The molecule has 182 valence electrons. The van der Waals surface area contributed by atoms with Gasteiger partial charge in [0.05, 0.1) is 12.2 Å². The Morgan fingerprint density at radius 2 is 1.74 bits per heavy atom. The van der Waals surface area contributed by atoms with Crippen LogP contribution in [0.15, 0.2) is 48.5 Å². The van der Waals surface area contributed by atoms with E-state index in [0.29, 0.717) is 63.1 Å². The van der Waals surface area contributed by atoms with Crippen molar-refractivity contribution < 1.29 is 22.8 Å². The van der Waals surface area contributed by atoms with Crippen molar-refractivity contribution in [1.82, 2.24) is 10.2 Å². The van der Waals surface area contributed by atoms with Crippen LogP contribution in [0.25, 0.3) is 0 Å². The molecule has 0 saturated carbocycles. The lowest BCUT2D eigenvalue weighted by Crippen LogP contribution is -2.57. The molecule has 0 radical (unpaired) electrons. The van der Waals surface area contributed by atoms with E-state index < -0.39 is 17.3 Å². The van der Waals surface area contributed by atoms with Crippen LogP contribution < -0.4 is 10.2 Å². The summed E-state index contributed by atoms with van der Waals surface area (Å²) in [6, 6.07) is 13.3. The normalized spacial score (nSPS) is 22.3. The van der Waals surface area contributed by atoms with Gasteiger partial charge < -0.3 is 15.1 Å². The third-order valence-electron chi connectivity index (χ3n) is 7.40. The summed E-state index contributed by atoms with van der Waals surface area (Å²) in [6.45, 7) is 2.45. The molecule has 1 aliphatic carbocycles. The van der Waals surface area contributed by atoms with E-state index in [1.807, 2.05) is 30.3 Å². The van der Waals surface area contributed by atoms with Gasteiger partial charge in [-0.15, -0.1) is 12.4 Å². The molecule has 2 aromatic rings. The molecular weight excluding hydrogens is 467 g/mol. The first-order valence-electron chi connectivity index (χ1n) is 11.4. The Balaban J connectivity index is 0.00000274. The molecule has 3 aliphatic rings. The van der Waals surface area contributed by atoms with E-state index in [1.54, 1.807) is 0 Å². The predicted octanol–water partition coefficient (Wildman–Crippen LogP) is 4.30. The van der Waals surface area contributed by atoms with Crippen LogP contribution >= 0.6 is 12.4 Å². The van der Waals surface area contributed by atoms with Crippen molar-refractivity contribution in [3.63, 3.8) is 0 Å². The molecule has 1 spiro atoms. The molecule has 0 aromatic heterocycles. The molecular formula is C25H27ClF3N3O2. The van der Waals surface area contributed by atoms with E-state index in [-0.39, 0.29) is 30.0 Å². The van der Waals surface area contributed by atoms with E-state index in [0.717, 1.165) is 17.8 Å². The number of aryl methyl sites for hydroxylation is 1. The minimum absolute atomic E-state index is 0. The maximum absolute atomic E-state index is 13.0. The molecule has 2 aliphatic heterocycles. The second-order valence-electron chi connectivity index (χ2n) is 9.23. The van der Waals surface area contributed by atoms with Crippen molar-refractivity contribution in [2.24, 2.45) is 5.92 Å². The fourth-order valence-electron chi connectivity index (χ4n) is 5.52. The number of halogens is 4. The Hall–Kier alpha value is -2.58. The smallest absolute Gasteiger partial charge is 0.339 e. The van der Waals surface area contributed by atoms with Crippen molar-refractivity contribution in [3.05, 3.63) is 65.2 Å². The highest BCUT2D eigenvalue weighted by molar-refractivity contribution is 6.00. The van der Waals surface area contributed by atoms with Crippen molar-refractivity contribution >= 4 is 29.8 Å². The van der Waals surface area contributed by atoms with E-state index in [9.17, 15) is 22.8 Å². The number of para-hydroxylation sites is 1. The van der Waals surface area contributed by atoms with Crippen LogP contribution in [0.4, 0.5) is 18.9 Å². The Labute approximate surface area is 202 Å². The molecule has 9 heteroatoms. The number of fused-ring (bicyclic) bond motifs is 1. The van der Waals surface area contributed by atoms with E-state index >= 15 is 0 Å². The van der Waals surface area contributed by atoms with Gasteiger partial charge in [-0.3, -0.25) is 9.59 Å². The van der Waals surface area contributed by atoms with Gasteiger partial charge >= 0.3 is 6.18 Å². The number of benzene rings is 2. The van der Waals surface area contributed by atoms with Crippen LogP contribution in [0.1, 0.15) is 40.7 Å². The number of hydrogen-bond donors (Lipinski definition) is 1. The molecule has 1 N–H and O–H groups in total. The van der Waals surface area contributed by atoms with Crippen LogP contribution in [0.3, 0.4) is 0 Å². The maximum atomic E-state index is 13.0. The number of amides is 1. The molecule has 1 amide bonds. The van der Waals surface area contributed by atoms with Crippen molar-refractivity contribution in [2.45, 2.75) is 37.4 Å². The first-order chi connectivity index (χ1) is 15.8. The van der Waals surface area contributed by atoms with Crippen molar-refractivity contribution in [1.29, 1.82) is 0 Å². The minimum Gasteiger partial charge on any atom is -0.339 e. The number of anilines is 1. The molecule has 2 saturated heterocycles. The summed E-state index contributed by atoms with van der Waals surface area (Å²) in [5.74, 6) is -0.255. The third-order valence-corrected chi connectivity index (χ3v) is 7.40. The number of nitrogens with one attached hydrogen (secondary N) is 1. The first-order valence-corrected chi connectivity index (χ1v) is 11.4. The summed E-state index contributed by atoms with van der Waals surface area (Å²) in [6.07, 6.45) is -2.05. The molecule has 34 heavy (non-hydrogen) atoms. The van der Waals surface area contributed by atoms with Crippen molar-refractivity contribution in [3.8, 4) is 0 Å². The average Bonchev–Trinajstić information content (AvgIpc) is 3.12. The van der Waals surface area contributed by atoms with Crippen LogP contribution in [-0.4, -0.2) is 48.4 Å². The van der Waals surface area contributed by atoms with Crippen LogP contribution in [0.2, 0.25) is 0 Å². The Morgan fingerprint density at radius 3 is 2.41 bits per heavy atom. The number of rotatable bonds is 3. The number of carbonyl (C=O) groups is 2. The van der Waals surface area contributed by atoms with Crippen LogP contribution in [-0.2, 0) is 17.4 Å². The lowest BCUT2D eigenvalue weighted by Gasteiger charge is -2.44. The number of nitrogens with zero attached hydrogens (tertiary/aromatic N) is 2. The Morgan fingerprint density at radius 1 is 1.03 bits per heavy atom. The second-order valence-corrected chi connectivity index (χ2v) is 9.23. The second kappa shape index (κ2) is 9.23. The number of likely N-dealkylation sites (tertiary alicyclic amines) is 1. The summed E-state index contributed by atoms with van der Waals surface area (Å²) in [5, 5.41) is 2.99. The molecule has 2 aromatic carbocycles. The van der Waals surface area contributed by atoms with Gasteiger partial charge in [0.1, 0.15) is 5.54 Å². The number of alkyl halides is 3. The van der Waals surface area contributed by atoms with Gasteiger partial charge in [0, 0.05) is 36.8 Å². The minimum atomic E-state index is -4.40. The van der Waals surface area contributed by atoms with Gasteiger partial charge in [-0.05, 0) is 55.5 Å². The van der Waals surface area contributed by atoms with Gasteiger partial charge in [-0.1, -0.05) is 24.3 Å². The van der Waals surface area contributed by atoms with Crippen molar-refractivity contribution in [2.75, 3.05) is 31.2 Å². The monoisotopic (exact) mass is 493 g/mol. The molecule has 2 fully saturated rings. The van der Waals surface area contributed by atoms with Gasteiger partial charge in [-0.25, -0.2) is 0 Å². The van der Waals surface area contributed by atoms with Gasteiger partial charge in [-0.2, -0.15) is 13.2 Å². The Kier molecular flexibility index (Phi) is 6.66. The summed E-state index contributed by atoms with van der Waals surface area (Å²) >= 11 is 0. The van der Waals surface area contributed by atoms with E-state index in [4.69, 9.17) is 0 Å². The molecule has 1 atom stereocenters. The fourth-order valence-corrected chi connectivity index (χ4v) is 5.52. The summed E-state index contributed by atoms with van der Waals surface area (Å²) < 4.78 is 39.0. The lowest BCUT2D eigenvalue weighted by molar-refractivity contribution is -0.137. The summed E-state index contributed by atoms with van der Waals surface area (Å²) in [7, 11) is 0. The zero-order valence-corrected chi connectivity index (χ0v) is 19.4. The molecule has 1 unspecified atom stereocenters. The number of carbonyl (C=O) groups excluding carboxylic acids is 2. The quantitative estimate of drug-likeness (QED) is 0.692. The number of hydrogen-bond acceptors (Lipinski definition) is 4. The number of piperidine rings is 1. The topological polar surface area (TPSA) is 52.7 Å². The highest BCUT2D eigenvalue weighted by Gasteiger charge is 2.50. The third kappa shape index (κ3) is 4.29. The number of Topliss-reactive ketones (excluding diaryl/α,β-unsaturated/α-hetero) is 1. The SMILES string of the molecule is Cl.O=C1c2ccc(C(F)(F)F)cc2CCC1CN1CCC2(CC1)C(=O)NCN2c1ccccc1. The highest BCUT2D eigenvalue weighted by atomic mass is 35.5. The Bertz CT molecular complexity index is 1070. The summed E-state index contributed by atoms with van der Waals surface area (Å²) in [5.41, 5.74) is 0.644. The summed E-state index contributed by atoms with van der Waals surface area (Å²) in [4.78, 5) is 30.2. The zero-order chi connectivity index (χ0) is 23.2. The van der Waals surface area contributed by atoms with E-state index in [2.05, 4.69) is 15.1 Å². The maximum Gasteiger partial charge on any atom is 0.416 e. The van der Waals surface area contributed by atoms with Crippen LogP contribution in [0, 0.1) is 5.92 Å². The molecule has 2 heterocycles. The predicted molar refractivity (Wildman–Crippen MR) is 125 cm³/mol. The molecule has 0 bridgehead atoms. The standard InChI is InChI=1S/C25H26F3N3O2.ClH/c26-25(27,28)19-8-9-21-17(14-19)6-7-18(22(21)32)15-30-12-10-24(11-13-30)23(33)29-16-31(24)20-4-2-1-3-5-20;/h1-5,8-9,14,18H,6-7,10-13,15-16H2,(H,29,33);1H. The van der Waals surface area contributed by atoms with Gasteiger partial charge in [0.2, 0.25) is 5.91 Å². The van der Waals surface area contributed by atoms with Gasteiger partial charge in [0.15, 0.2) is 5.78 Å². The van der Waals surface area contributed by atoms with Crippen LogP contribution in [0.5, 0.6) is 0 Å². The first kappa shape index (κ1) is 24.5.